The third-order valence-corrected chi connectivity index (χ3v) is 5.39. The normalized spacial score (nSPS) is 11.1. The van der Waals surface area contributed by atoms with E-state index in [2.05, 4.69) is 4.98 Å². The number of aromatic carboxylic acids is 1. The summed E-state index contributed by atoms with van der Waals surface area (Å²) in [5.41, 5.74) is 1.49. The highest BCUT2D eigenvalue weighted by molar-refractivity contribution is 7.17. The minimum Gasteiger partial charge on any atom is -0.478 e. The van der Waals surface area contributed by atoms with Gasteiger partial charge in [-0.05, 0) is 13.0 Å². The molecule has 0 radical (unpaired) electrons. The molecular weight excluding hydrogens is 379 g/mol. The molecule has 0 spiro atoms. The van der Waals surface area contributed by atoms with Crippen molar-refractivity contribution in [2.75, 3.05) is 0 Å². The number of hydrogen-bond donors (Lipinski definition) is 1. The van der Waals surface area contributed by atoms with Crippen molar-refractivity contribution in [3.05, 3.63) is 86.8 Å². The molecule has 0 amide bonds. The maximum atomic E-state index is 14.2. The Morgan fingerprint density at radius 2 is 1.89 bits per heavy atom. The van der Waals surface area contributed by atoms with Crippen LogP contribution in [0, 0.1) is 12.7 Å². The van der Waals surface area contributed by atoms with E-state index in [0.717, 1.165) is 16.9 Å². The van der Waals surface area contributed by atoms with Gasteiger partial charge in [-0.1, -0.05) is 48.0 Å². The predicted molar refractivity (Wildman–Crippen MR) is 107 cm³/mol. The van der Waals surface area contributed by atoms with Crippen LogP contribution in [0.2, 0.25) is 0 Å². The lowest BCUT2D eigenvalue weighted by Crippen LogP contribution is -2.25. The van der Waals surface area contributed by atoms with Crippen molar-refractivity contribution in [1.82, 2.24) is 9.55 Å². The lowest BCUT2D eigenvalue weighted by Gasteiger charge is -2.14. The number of nitrogens with zero attached hydrogens (tertiary/aromatic N) is 2. The quantitative estimate of drug-likeness (QED) is 0.560. The van der Waals surface area contributed by atoms with Gasteiger partial charge in [0.05, 0.1) is 17.5 Å². The molecule has 4 rings (SSSR count). The molecule has 4 aromatic rings. The highest BCUT2D eigenvalue weighted by atomic mass is 32.1. The Kier molecular flexibility index (Phi) is 4.52. The molecule has 2 aromatic carbocycles. The van der Waals surface area contributed by atoms with Crippen LogP contribution in [0.5, 0.6) is 0 Å². The van der Waals surface area contributed by atoms with E-state index in [-0.39, 0.29) is 17.5 Å². The second-order valence-corrected chi connectivity index (χ2v) is 7.28. The van der Waals surface area contributed by atoms with Gasteiger partial charge in [-0.15, -0.1) is 11.3 Å². The molecule has 1 N–H and O–H groups in total. The van der Waals surface area contributed by atoms with Crippen LogP contribution in [0.3, 0.4) is 0 Å². The number of benzene rings is 2. The number of carboxylic acids is 1. The largest absolute Gasteiger partial charge is 0.478 e. The number of hydrogen-bond acceptors (Lipinski definition) is 4. The maximum absolute atomic E-state index is 14.2. The second-order valence-electron chi connectivity index (χ2n) is 6.42. The van der Waals surface area contributed by atoms with Crippen LogP contribution in [0.25, 0.3) is 21.6 Å². The Labute approximate surface area is 163 Å². The van der Waals surface area contributed by atoms with Crippen LogP contribution in [0.1, 0.15) is 21.5 Å². The lowest BCUT2D eigenvalue weighted by atomic mass is 10.1. The number of aryl methyl sites for hydroxylation is 1. The minimum absolute atomic E-state index is 0.0460. The first-order valence-electron chi connectivity index (χ1n) is 8.51. The van der Waals surface area contributed by atoms with E-state index in [1.54, 1.807) is 18.2 Å². The SMILES string of the molecule is Cc1ccc(-c2nc3scc(C(=O)O)c3c(=O)n2Cc2ccccc2F)cc1. The van der Waals surface area contributed by atoms with Crippen molar-refractivity contribution in [3.8, 4) is 11.4 Å². The van der Waals surface area contributed by atoms with Gasteiger partial charge in [0.1, 0.15) is 16.5 Å². The van der Waals surface area contributed by atoms with Crippen LogP contribution >= 0.6 is 11.3 Å². The number of aromatic nitrogens is 2. The molecule has 0 aliphatic rings. The summed E-state index contributed by atoms with van der Waals surface area (Å²) in [6.45, 7) is 1.90. The Bertz CT molecular complexity index is 1260. The van der Waals surface area contributed by atoms with Crippen LogP contribution in [-0.2, 0) is 6.54 Å². The van der Waals surface area contributed by atoms with Crippen molar-refractivity contribution in [2.45, 2.75) is 13.5 Å². The summed E-state index contributed by atoms with van der Waals surface area (Å²) in [6.07, 6.45) is 0. The molecule has 0 aliphatic heterocycles. The number of thiophene rings is 1. The molecule has 0 bridgehead atoms. The van der Waals surface area contributed by atoms with E-state index in [4.69, 9.17) is 0 Å². The topological polar surface area (TPSA) is 72.2 Å². The lowest BCUT2D eigenvalue weighted by molar-refractivity contribution is 0.0699. The Morgan fingerprint density at radius 1 is 1.18 bits per heavy atom. The van der Waals surface area contributed by atoms with Crippen LogP contribution in [0.15, 0.2) is 58.7 Å². The molecule has 2 aromatic heterocycles. The summed E-state index contributed by atoms with van der Waals surface area (Å²) in [4.78, 5) is 29.7. The van der Waals surface area contributed by atoms with Gasteiger partial charge in [0.15, 0.2) is 0 Å². The monoisotopic (exact) mass is 394 g/mol. The van der Waals surface area contributed by atoms with Crippen molar-refractivity contribution < 1.29 is 14.3 Å². The Morgan fingerprint density at radius 3 is 2.57 bits per heavy atom. The molecule has 28 heavy (non-hydrogen) atoms. The summed E-state index contributed by atoms with van der Waals surface area (Å²) in [7, 11) is 0. The number of halogens is 1. The fraction of sp³-hybridized carbons (Fsp3) is 0.0952. The molecule has 2 heterocycles. The van der Waals surface area contributed by atoms with E-state index in [9.17, 15) is 19.1 Å². The fourth-order valence-electron chi connectivity index (χ4n) is 3.05. The zero-order valence-electron chi connectivity index (χ0n) is 14.8. The molecule has 0 saturated heterocycles. The molecule has 0 saturated carbocycles. The van der Waals surface area contributed by atoms with E-state index >= 15 is 0 Å². The molecule has 0 unspecified atom stereocenters. The van der Waals surface area contributed by atoms with Gasteiger partial charge in [0.2, 0.25) is 0 Å². The average molecular weight is 394 g/mol. The van der Waals surface area contributed by atoms with E-state index in [1.165, 1.54) is 16.0 Å². The smallest absolute Gasteiger partial charge is 0.337 e. The molecular formula is C21H15FN2O3S. The first-order chi connectivity index (χ1) is 13.5. The van der Waals surface area contributed by atoms with Crippen molar-refractivity contribution in [1.29, 1.82) is 0 Å². The van der Waals surface area contributed by atoms with Crippen LogP contribution < -0.4 is 5.56 Å². The second kappa shape index (κ2) is 7.01. The summed E-state index contributed by atoms with van der Waals surface area (Å²) in [6, 6.07) is 13.7. The highest BCUT2D eigenvalue weighted by Crippen LogP contribution is 2.26. The van der Waals surface area contributed by atoms with Crippen molar-refractivity contribution >= 4 is 27.5 Å². The molecule has 140 valence electrons. The summed E-state index contributed by atoms with van der Waals surface area (Å²) < 4.78 is 15.6. The van der Waals surface area contributed by atoms with Crippen LogP contribution in [0.4, 0.5) is 4.39 Å². The third kappa shape index (κ3) is 3.10. The molecule has 0 aliphatic carbocycles. The van der Waals surface area contributed by atoms with E-state index in [0.29, 0.717) is 21.8 Å². The van der Waals surface area contributed by atoms with Gasteiger partial charge in [-0.25, -0.2) is 14.2 Å². The molecule has 7 heteroatoms. The summed E-state index contributed by atoms with van der Waals surface area (Å²) in [5.74, 6) is -1.25. The number of carbonyl (C=O) groups is 1. The zero-order valence-corrected chi connectivity index (χ0v) is 15.7. The molecule has 0 fully saturated rings. The number of carboxylic acid groups (broad SMARTS) is 1. The van der Waals surface area contributed by atoms with Gasteiger partial charge < -0.3 is 5.11 Å². The van der Waals surface area contributed by atoms with Crippen molar-refractivity contribution in [3.63, 3.8) is 0 Å². The van der Waals surface area contributed by atoms with Gasteiger partial charge in [0, 0.05) is 16.5 Å². The first kappa shape index (κ1) is 18.1. The standard InChI is InChI=1S/C21H15FN2O3S/c1-12-6-8-13(9-7-12)18-23-19-17(15(11-28-19)21(26)27)20(25)24(18)10-14-4-2-3-5-16(14)22/h2-9,11H,10H2,1H3,(H,26,27). The highest BCUT2D eigenvalue weighted by Gasteiger charge is 2.21. The van der Waals surface area contributed by atoms with E-state index in [1.807, 2.05) is 31.2 Å². The van der Waals surface area contributed by atoms with Crippen LogP contribution in [-0.4, -0.2) is 20.6 Å². The number of fused-ring (bicyclic) bond motifs is 1. The molecule has 0 atom stereocenters. The minimum atomic E-state index is -1.19. The number of rotatable bonds is 4. The average Bonchev–Trinajstić information content (AvgIpc) is 3.11. The van der Waals surface area contributed by atoms with Crippen molar-refractivity contribution in [2.24, 2.45) is 0 Å². The zero-order chi connectivity index (χ0) is 19.8. The fourth-order valence-corrected chi connectivity index (χ4v) is 3.95. The Hall–Kier alpha value is -3.32. The first-order valence-corrected chi connectivity index (χ1v) is 9.39. The van der Waals surface area contributed by atoms with Gasteiger partial charge in [0.25, 0.3) is 5.56 Å². The maximum Gasteiger partial charge on any atom is 0.337 e. The van der Waals surface area contributed by atoms with Gasteiger partial charge in [-0.3, -0.25) is 9.36 Å². The van der Waals surface area contributed by atoms with Gasteiger partial charge in [-0.2, -0.15) is 0 Å². The Balaban J connectivity index is 2.01. The van der Waals surface area contributed by atoms with E-state index < -0.39 is 17.3 Å². The summed E-state index contributed by atoms with van der Waals surface area (Å²) >= 11 is 1.11. The summed E-state index contributed by atoms with van der Waals surface area (Å²) in [5, 5.41) is 10.9. The van der Waals surface area contributed by atoms with Gasteiger partial charge >= 0.3 is 5.97 Å². The predicted octanol–water partition coefficient (Wildman–Crippen LogP) is 4.32. The molecule has 5 nitrogen and oxygen atoms in total. The third-order valence-electron chi connectivity index (χ3n) is 4.52.